The fraction of sp³-hybridized carbons (Fsp3) is 0.333. The van der Waals surface area contributed by atoms with Gasteiger partial charge in [-0.25, -0.2) is 4.79 Å². The number of hydrogen-bond donors (Lipinski definition) is 0. The summed E-state index contributed by atoms with van der Waals surface area (Å²) in [5.41, 5.74) is 1.74. The zero-order valence-electron chi connectivity index (χ0n) is 16.8. The summed E-state index contributed by atoms with van der Waals surface area (Å²) < 4.78 is 6.13. The average Bonchev–Trinajstić information content (AvgIpc) is 2.76. The van der Waals surface area contributed by atoms with Crippen LogP contribution in [0.25, 0.3) is 22.3 Å². The first kappa shape index (κ1) is 19.4. The zero-order chi connectivity index (χ0) is 20.4. The molecular formula is C24H25NO4. The summed E-state index contributed by atoms with van der Waals surface area (Å²) in [7, 11) is 0. The van der Waals surface area contributed by atoms with Gasteiger partial charge in [0.25, 0.3) is 0 Å². The maximum atomic E-state index is 13.0. The molecule has 1 aliphatic rings. The second kappa shape index (κ2) is 8.21. The van der Waals surface area contributed by atoms with Gasteiger partial charge in [-0.1, -0.05) is 49.7 Å². The lowest BCUT2D eigenvalue weighted by Gasteiger charge is -2.33. The summed E-state index contributed by atoms with van der Waals surface area (Å²) in [6.45, 7) is 4.58. The van der Waals surface area contributed by atoms with Gasteiger partial charge in [-0.05, 0) is 38.3 Å². The van der Waals surface area contributed by atoms with Crippen LogP contribution >= 0.6 is 0 Å². The van der Waals surface area contributed by atoms with E-state index in [-0.39, 0.29) is 22.6 Å². The van der Waals surface area contributed by atoms with Gasteiger partial charge in [-0.15, -0.1) is 5.06 Å². The highest BCUT2D eigenvalue weighted by Crippen LogP contribution is 2.28. The van der Waals surface area contributed by atoms with Gasteiger partial charge in [-0.3, -0.25) is 4.79 Å². The van der Waals surface area contributed by atoms with Crippen LogP contribution in [0.2, 0.25) is 0 Å². The highest BCUT2D eigenvalue weighted by Gasteiger charge is 2.27. The molecule has 150 valence electrons. The lowest BCUT2D eigenvalue weighted by Crippen LogP contribution is -2.40. The predicted molar refractivity (Wildman–Crippen MR) is 113 cm³/mol. The first-order valence-corrected chi connectivity index (χ1v) is 10.2. The summed E-state index contributed by atoms with van der Waals surface area (Å²) >= 11 is 0. The molecule has 3 aromatic rings. The van der Waals surface area contributed by atoms with E-state index < -0.39 is 5.97 Å². The zero-order valence-corrected chi connectivity index (χ0v) is 16.8. The number of piperidine rings is 1. The maximum Gasteiger partial charge on any atom is 0.360 e. The van der Waals surface area contributed by atoms with Crippen LogP contribution in [0.5, 0.6) is 0 Å². The van der Waals surface area contributed by atoms with E-state index in [1.165, 1.54) is 0 Å². The maximum absolute atomic E-state index is 13.0. The number of rotatable bonds is 4. The molecule has 1 aliphatic heterocycles. The molecule has 0 bridgehead atoms. The normalized spacial score (nSPS) is 17.4. The third kappa shape index (κ3) is 3.70. The van der Waals surface area contributed by atoms with E-state index >= 15 is 0 Å². The Balaban J connectivity index is 1.78. The number of hydrogen-bond acceptors (Lipinski definition) is 5. The number of nitrogens with zero attached hydrogens (tertiary/aromatic N) is 1. The Kier molecular flexibility index (Phi) is 5.49. The van der Waals surface area contributed by atoms with E-state index in [0.29, 0.717) is 16.7 Å². The molecule has 0 N–H and O–H groups in total. The molecule has 5 nitrogen and oxygen atoms in total. The van der Waals surface area contributed by atoms with Crippen LogP contribution in [0.15, 0.2) is 57.7 Å². The van der Waals surface area contributed by atoms with E-state index in [9.17, 15) is 9.59 Å². The van der Waals surface area contributed by atoms with Crippen LogP contribution in [0.3, 0.4) is 0 Å². The Morgan fingerprint density at radius 3 is 2.69 bits per heavy atom. The van der Waals surface area contributed by atoms with E-state index in [4.69, 9.17) is 9.25 Å². The van der Waals surface area contributed by atoms with Gasteiger partial charge in [0.1, 0.15) is 11.3 Å². The molecule has 1 saturated heterocycles. The summed E-state index contributed by atoms with van der Waals surface area (Å²) in [6, 6.07) is 14.7. The second-order valence-corrected chi connectivity index (χ2v) is 7.51. The first-order valence-electron chi connectivity index (χ1n) is 10.2. The van der Waals surface area contributed by atoms with Crippen molar-refractivity contribution in [2.24, 2.45) is 0 Å². The number of hydroxylamine groups is 2. The van der Waals surface area contributed by atoms with E-state index in [0.717, 1.165) is 37.8 Å². The number of carbonyl (C=O) groups is 1. The second-order valence-electron chi connectivity index (χ2n) is 7.51. The molecule has 5 heteroatoms. The molecule has 1 atom stereocenters. The van der Waals surface area contributed by atoms with E-state index in [2.05, 4.69) is 6.92 Å². The Morgan fingerprint density at radius 1 is 1.14 bits per heavy atom. The van der Waals surface area contributed by atoms with Crippen LogP contribution in [0.4, 0.5) is 0 Å². The molecule has 0 amide bonds. The average molecular weight is 391 g/mol. The lowest BCUT2D eigenvalue weighted by molar-refractivity contribution is -0.151. The Labute approximate surface area is 169 Å². The summed E-state index contributed by atoms with van der Waals surface area (Å²) in [4.78, 5) is 31.7. The Hall–Kier alpha value is -2.92. The van der Waals surface area contributed by atoms with Gasteiger partial charge < -0.3 is 9.25 Å². The topological polar surface area (TPSA) is 59.8 Å². The van der Waals surface area contributed by atoms with Crippen molar-refractivity contribution in [2.75, 3.05) is 6.54 Å². The summed E-state index contributed by atoms with van der Waals surface area (Å²) in [5, 5.41) is 2.18. The van der Waals surface area contributed by atoms with Gasteiger partial charge in [0.05, 0.1) is 5.39 Å². The molecule has 0 radical (unpaired) electrons. The fourth-order valence-corrected chi connectivity index (χ4v) is 3.99. The SMILES string of the molecule is CCC1CCCCN1OC(=O)c1cccc2c(=O)c(C)c(-c3ccccc3)oc12. The first-order chi connectivity index (χ1) is 14.1. The lowest BCUT2D eigenvalue weighted by atomic mass is 10.0. The minimum atomic E-state index is -0.484. The highest BCUT2D eigenvalue weighted by molar-refractivity contribution is 6.02. The summed E-state index contributed by atoms with van der Waals surface area (Å²) in [6.07, 6.45) is 4.10. The van der Waals surface area contributed by atoms with Gasteiger partial charge in [0.2, 0.25) is 0 Å². The largest absolute Gasteiger partial charge is 0.455 e. The third-order valence-electron chi connectivity index (χ3n) is 5.65. The molecule has 1 fully saturated rings. The molecule has 0 aliphatic carbocycles. The van der Waals surface area contributed by atoms with Crippen molar-refractivity contribution < 1.29 is 14.0 Å². The van der Waals surface area contributed by atoms with Crippen LogP contribution < -0.4 is 5.43 Å². The minimum absolute atomic E-state index is 0.135. The predicted octanol–water partition coefficient (Wildman–Crippen LogP) is 5.10. The molecular weight excluding hydrogens is 366 g/mol. The monoisotopic (exact) mass is 391 g/mol. The number of benzene rings is 2. The van der Waals surface area contributed by atoms with Crippen molar-refractivity contribution in [2.45, 2.75) is 45.6 Å². The van der Waals surface area contributed by atoms with Crippen LogP contribution in [0.1, 0.15) is 48.5 Å². The molecule has 1 aromatic heterocycles. The number of para-hydroxylation sites is 1. The molecule has 4 rings (SSSR count). The van der Waals surface area contributed by atoms with E-state index in [1.54, 1.807) is 30.2 Å². The number of carbonyl (C=O) groups excluding carboxylic acids is 1. The minimum Gasteiger partial charge on any atom is -0.455 e. The van der Waals surface area contributed by atoms with Crippen molar-refractivity contribution in [3.05, 3.63) is 69.9 Å². The molecule has 1 unspecified atom stereocenters. The highest BCUT2D eigenvalue weighted by atomic mass is 16.7. The summed E-state index contributed by atoms with van der Waals surface area (Å²) in [5.74, 6) is -0.00489. The smallest absolute Gasteiger partial charge is 0.360 e. The molecule has 29 heavy (non-hydrogen) atoms. The standard InChI is InChI=1S/C24H25NO4/c1-3-18-12-7-8-15-25(18)29-24(27)20-14-9-13-19-21(26)16(2)22(28-23(19)20)17-10-5-4-6-11-17/h4-6,9-11,13-14,18H,3,7-8,12,15H2,1-2H3. The van der Waals surface area contributed by atoms with E-state index in [1.807, 2.05) is 30.3 Å². The van der Waals surface area contributed by atoms with Crippen molar-refractivity contribution >= 4 is 16.9 Å². The number of fused-ring (bicyclic) bond motifs is 1. The molecule has 0 saturated carbocycles. The van der Waals surface area contributed by atoms with Gasteiger partial charge in [0.15, 0.2) is 11.0 Å². The van der Waals surface area contributed by atoms with Crippen molar-refractivity contribution in [1.29, 1.82) is 0 Å². The Bertz CT molecular complexity index is 1090. The van der Waals surface area contributed by atoms with Gasteiger partial charge in [-0.2, -0.15) is 0 Å². The molecule has 0 spiro atoms. The molecule has 2 aromatic carbocycles. The van der Waals surface area contributed by atoms with Crippen molar-refractivity contribution in [1.82, 2.24) is 5.06 Å². The van der Waals surface area contributed by atoms with Crippen molar-refractivity contribution in [3.8, 4) is 11.3 Å². The fourth-order valence-electron chi connectivity index (χ4n) is 3.99. The van der Waals surface area contributed by atoms with Gasteiger partial charge in [0, 0.05) is 23.7 Å². The van der Waals surface area contributed by atoms with Crippen LogP contribution in [-0.4, -0.2) is 23.6 Å². The van der Waals surface area contributed by atoms with Crippen LogP contribution in [-0.2, 0) is 4.84 Å². The molecule has 2 heterocycles. The van der Waals surface area contributed by atoms with Crippen molar-refractivity contribution in [3.63, 3.8) is 0 Å². The van der Waals surface area contributed by atoms with Gasteiger partial charge >= 0.3 is 5.97 Å². The quantitative estimate of drug-likeness (QED) is 0.619. The van der Waals surface area contributed by atoms with Crippen LogP contribution in [0, 0.1) is 6.92 Å². The third-order valence-corrected chi connectivity index (χ3v) is 5.65. The Morgan fingerprint density at radius 2 is 1.93 bits per heavy atom.